The van der Waals surface area contributed by atoms with Gasteiger partial charge < -0.3 is 4.42 Å². The van der Waals surface area contributed by atoms with Crippen LogP contribution in [0.3, 0.4) is 0 Å². The quantitative estimate of drug-likeness (QED) is 0.521. The smallest absolute Gasteiger partial charge is 0.151 e. The minimum absolute atomic E-state index is 0.183. The van der Waals surface area contributed by atoms with Gasteiger partial charge in [-0.05, 0) is 31.0 Å². The van der Waals surface area contributed by atoms with Crippen LogP contribution in [0.4, 0.5) is 0 Å². The molecule has 13 heavy (non-hydrogen) atoms. The minimum Gasteiger partial charge on any atom is -0.464 e. The molecule has 1 heterocycles. The van der Waals surface area contributed by atoms with Crippen LogP contribution in [-0.4, -0.2) is 12.6 Å². The fourth-order valence-corrected chi connectivity index (χ4v) is 1.21. The zero-order valence-corrected chi connectivity index (χ0v) is 6.95. The predicted octanol–water partition coefficient (Wildman–Crippen LogP) is 2.46. The predicted molar refractivity (Wildman–Crippen MR) is 52.6 cm³/mol. The second kappa shape index (κ2) is 2.86. The van der Waals surface area contributed by atoms with Crippen LogP contribution in [0.2, 0.25) is 0 Å². The third-order valence-corrected chi connectivity index (χ3v) is 1.88. The average Bonchev–Trinajstić information content (AvgIpc) is 2.63. The first-order valence-corrected chi connectivity index (χ1v) is 3.84. The van der Waals surface area contributed by atoms with Crippen molar-refractivity contribution in [2.24, 2.45) is 4.99 Å². The highest BCUT2D eigenvalue weighted by Crippen LogP contribution is 2.17. The largest absolute Gasteiger partial charge is 0.464 e. The Balaban J connectivity index is 2.60. The van der Waals surface area contributed by atoms with Gasteiger partial charge in [0.25, 0.3) is 0 Å². The first kappa shape index (κ1) is 7.73. The number of amidine groups is 1. The van der Waals surface area contributed by atoms with E-state index in [0.29, 0.717) is 0 Å². The number of rotatable bonds is 1. The first-order valence-electron chi connectivity index (χ1n) is 3.84. The Bertz CT molecular complexity index is 470. The summed E-state index contributed by atoms with van der Waals surface area (Å²) < 4.78 is 5.17. The molecular formula is C10H8N2O. The van der Waals surface area contributed by atoms with Crippen LogP contribution < -0.4 is 0 Å². The van der Waals surface area contributed by atoms with Crippen LogP contribution in [0.15, 0.2) is 39.9 Å². The Hall–Kier alpha value is -1.90. The number of nitrogens with zero attached hydrogens (tertiary/aromatic N) is 1. The van der Waals surface area contributed by atoms with Crippen LogP contribution >= 0.6 is 0 Å². The van der Waals surface area contributed by atoms with E-state index in [9.17, 15) is 0 Å². The maximum Gasteiger partial charge on any atom is 0.151 e. The van der Waals surface area contributed by atoms with Crippen molar-refractivity contribution in [3.8, 4) is 0 Å². The number of furan rings is 1. The molecule has 1 aromatic carbocycles. The Labute approximate surface area is 75.2 Å². The lowest BCUT2D eigenvalue weighted by atomic mass is 10.1. The second-order valence-electron chi connectivity index (χ2n) is 2.68. The molecule has 0 fully saturated rings. The molecule has 3 nitrogen and oxygen atoms in total. The van der Waals surface area contributed by atoms with Crippen molar-refractivity contribution in [3.63, 3.8) is 0 Å². The standard InChI is InChI=1S/C10H8N2O/c1-12-10(11)8-2-3-9-7(6-8)4-5-13-9/h2-6,11H,1H2. The molecule has 0 spiro atoms. The molecule has 2 rings (SSSR count). The summed E-state index contributed by atoms with van der Waals surface area (Å²) in [6.07, 6.45) is 1.62. The summed E-state index contributed by atoms with van der Waals surface area (Å²) in [6.45, 7) is 3.31. The number of aliphatic imine (C=N–C) groups is 1. The monoisotopic (exact) mass is 172 g/mol. The number of nitrogens with one attached hydrogen (secondary N) is 1. The van der Waals surface area contributed by atoms with Crippen molar-refractivity contribution in [1.82, 2.24) is 0 Å². The number of benzene rings is 1. The van der Waals surface area contributed by atoms with Crippen LogP contribution in [0.1, 0.15) is 5.56 Å². The van der Waals surface area contributed by atoms with Gasteiger partial charge in [-0.2, -0.15) is 0 Å². The fraction of sp³-hybridized carbons (Fsp3) is 0. The SMILES string of the molecule is C=NC(=N)c1ccc2occc2c1. The molecule has 0 aliphatic heterocycles. The molecule has 3 heteroatoms. The molecule has 64 valence electrons. The lowest BCUT2D eigenvalue weighted by molar-refractivity contribution is 0.616. The molecule has 2 aromatic rings. The van der Waals surface area contributed by atoms with Crippen LogP contribution in [0.5, 0.6) is 0 Å². The van der Waals surface area contributed by atoms with Gasteiger partial charge in [0.2, 0.25) is 0 Å². The molecule has 0 bridgehead atoms. The van der Waals surface area contributed by atoms with E-state index in [1.54, 1.807) is 12.3 Å². The summed E-state index contributed by atoms with van der Waals surface area (Å²) in [6, 6.07) is 7.33. The van der Waals surface area contributed by atoms with Crippen LogP contribution in [0.25, 0.3) is 11.0 Å². The van der Waals surface area contributed by atoms with Crippen molar-refractivity contribution in [3.05, 3.63) is 36.1 Å². The summed E-state index contributed by atoms with van der Waals surface area (Å²) in [4.78, 5) is 3.55. The Morgan fingerprint density at radius 2 is 2.23 bits per heavy atom. The Morgan fingerprint density at radius 3 is 3.00 bits per heavy atom. The summed E-state index contributed by atoms with van der Waals surface area (Å²) in [5.41, 5.74) is 1.57. The van der Waals surface area contributed by atoms with E-state index in [1.165, 1.54) is 0 Å². The average molecular weight is 172 g/mol. The molecule has 1 N–H and O–H groups in total. The van der Waals surface area contributed by atoms with E-state index in [4.69, 9.17) is 9.83 Å². The van der Waals surface area contributed by atoms with Gasteiger partial charge >= 0.3 is 0 Å². The molecule has 0 atom stereocenters. The van der Waals surface area contributed by atoms with E-state index in [2.05, 4.69) is 11.7 Å². The number of hydrogen-bond acceptors (Lipinski definition) is 2. The van der Waals surface area contributed by atoms with Crippen molar-refractivity contribution in [2.75, 3.05) is 0 Å². The second-order valence-corrected chi connectivity index (χ2v) is 2.68. The van der Waals surface area contributed by atoms with Crippen LogP contribution in [-0.2, 0) is 0 Å². The number of fused-ring (bicyclic) bond motifs is 1. The summed E-state index contributed by atoms with van der Waals surface area (Å²) in [5, 5.41) is 8.42. The van der Waals surface area contributed by atoms with E-state index >= 15 is 0 Å². The van der Waals surface area contributed by atoms with E-state index < -0.39 is 0 Å². The minimum atomic E-state index is 0.183. The fourth-order valence-electron chi connectivity index (χ4n) is 1.21. The molecule has 0 amide bonds. The highest BCUT2D eigenvalue weighted by atomic mass is 16.3. The van der Waals surface area contributed by atoms with Crippen molar-refractivity contribution >= 4 is 23.5 Å². The summed E-state index contributed by atoms with van der Waals surface area (Å²) in [5.74, 6) is 0.183. The number of hydrogen-bond donors (Lipinski definition) is 1. The zero-order valence-electron chi connectivity index (χ0n) is 6.95. The van der Waals surface area contributed by atoms with Crippen molar-refractivity contribution in [1.29, 1.82) is 5.41 Å². The van der Waals surface area contributed by atoms with Crippen molar-refractivity contribution < 1.29 is 4.42 Å². The highest BCUT2D eigenvalue weighted by molar-refractivity contribution is 6.01. The van der Waals surface area contributed by atoms with E-state index in [-0.39, 0.29) is 5.84 Å². The lowest BCUT2D eigenvalue weighted by Gasteiger charge is -1.96. The molecular weight excluding hydrogens is 164 g/mol. The third kappa shape index (κ3) is 1.24. The summed E-state index contributed by atoms with van der Waals surface area (Å²) in [7, 11) is 0. The van der Waals surface area contributed by atoms with Gasteiger partial charge in [-0.1, -0.05) is 0 Å². The first-order chi connectivity index (χ1) is 6.31. The molecule has 0 saturated heterocycles. The Morgan fingerprint density at radius 1 is 1.38 bits per heavy atom. The van der Waals surface area contributed by atoms with Gasteiger partial charge in [0, 0.05) is 10.9 Å². The van der Waals surface area contributed by atoms with Crippen molar-refractivity contribution in [2.45, 2.75) is 0 Å². The van der Waals surface area contributed by atoms with Gasteiger partial charge in [-0.15, -0.1) is 0 Å². The lowest BCUT2D eigenvalue weighted by Crippen LogP contribution is -1.92. The van der Waals surface area contributed by atoms with Gasteiger partial charge in [0.15, 0.2) is 5.84 Å². The summed E-state index contributed by atoms with van der Waals surface area (Å²) >= 11 is 0. The molecule has 1 aromatic heterocycles. The molecule has 0 aliphatic carbocycles. The molecule has 0 aliphatic rings. The third-order valence-electron chi connectivity index (χ3n) is 1.88. The van der Waals surface area contributed by atoms with Gasteiger partial charge in [0.1, 0.15) is 5.58 Å². The zero-order chi connectivity index (χ0) is 9.26. The van der Waals surface area contributed by atoms with Crippen LogP contribution in [0, 0.1) is 5.41 Å². The normalized spacial score (nSPS) is 10.2. The molecule has 0 radical (unpaired) electrons. The Kier molecular flexibility index (Phi) is 1.70. The topological polar surface area (TPSA) is 49.4 Å². The van der Waals surface area contributed by atoms with E-state index in [1.807, 2.05) is 18.2 Å². The van der Waals surface area contributed by atoms with Gasteiger partial charge in [-0.3, -0.25) is 5.41 Å². The van der Waals surface area contributed by atoms with Gasteiger partial charge in [-0.25, -0.2) is 4.99 Å². The maximum atomic E-state index is 7.45. The molecule has 0 saturated carbocycles. The maximum absolute atomic E-state index is 7.45. The molecule has 0 unspecified atom stereocenters. The van der Waals surface area contributed by atoms with Gasteiger partial charge in [0.05, 0.1) is 6.26 Å². The van der Waals surface area contributed by atoms with E-state index in [0.717, 1.165) is 16.5 Å². The highest BCUT2D eigenvalue weighted by Gasteiger charge is 2.01.